The Hall–Kier alpha value is -1.85. The Morgan fingerprint density at radius 3 is 1.93 bits per heavy atom. The first-order valence-corrected chi connectivity index (χ1v) is 4.21. The average Bonchev–Trinajstić information content (AvgIpc) is 2.56. The van der Waals surface area contributed by atoms with Crippen LogP contribution < -0.4 is 5.32 Å². The lowest BCUT2D eigenvalue weighted by atomic mass is 10.4. The molecule has 86 valence electrons. The minimum absolute atomic E-state index is 0.204. The molecule has 0 aromatic heterocycles. The molecular weight excluding hydrogens is 202 g/mol. The van der Waals surface area contributed by atoms with Crippen molar-refractivity contribution in [3.05, 3.63) is 12.7 Å². The van der Waals surface area contributed by atoms with E-state index in [1.807, 2.05) is 0 Å². The summed E-state index contributed by atoms with van der Waals surface area (Å²) in [6.45, 7) is 4.93. The van der Waals surface area contributed by atoms with E-state index in [4.69, 9.17) is 15.0 Å². The molecule has 15 heavy (non-hydrogen) atoms. The van der Waals surface area contributed by atoms with Gasteiger partial charge >= 0.3 is 5.97 Å². The summed E-state index contributed by atoms with van der Waals surface area (Å²) in [5, 5.41) is 17.7. The number of carbonyl (C=O) groups excluding carboxylic acids is 1. The molecule has 0 aromatic carbocycles. The summed E-state index contributed by atoms with van der Waals surface area (Å²) >= 11 is 0. The van der Waals surface area contributed by atoms with E-state index in [0.717, 1.165) is 32.4 Å². The molecule has 0 spiro atoms. The number of amides is 1. The molecule has 1 heterocycles. The van der Waals surface area contributed by atoms with Gasteiger partial charge in [-0.1, -0.05) is 6.58 Å². The maximum atomic E-state index is 10.1. The summed E-state index contributed by atoms with van der Waals surface area (Å²) in [7, 11) is 0. The van der Waals surface area contributed by atoms with Gasteiger partial charge < -0.3 is 15.5 Å². The molecule has 6 nitrogen and oxygen atoms in total. The van der Waals surface area contributed by atoms with Crippen molar-refractivity contribution in [2.75, 3.05) is 6.54 Å². The Morgan fingerprint density at radius 2 is 1.87 bits per heavy atom. The highest BCUT2D eigenvalue weighted by Crippen LogP contribution is 1.93. The van der Waals surface area contributed by atoms with Crippen molar-refractivity contribution < 1.29 is 24.6 Å². The largest absolute Gasteiger partial charge is 0.481 e. The van der Waals surface area contributed by atoms with Crippen molar-refractivity contribution in [3.8, 4) is 0 Å². The molecule has 1 aliphatic rings. The van der Waals surface area contributed by atoms with Gasteiger partial charge in [-0.05, 0) is 6.42 Å². The van der Waals surface area contributed by atoms with Crippen molar-refractivity contribution >= 4 is 17.8 Å². The minimum Gasteiger partial charge on any atom is -0.481 e. The third-order valence-corrected chi connectivity index (χ3v) is 1.08. The lowest BCUT2D eigenvalue weighted by Gasteiger charge is -1.80. The SMILES string of the molecule is C=CC(=O)O.CC(=O)O.O=C1CCCN1. The summed E-state index contributed by atoms with van der Waals surface area (Å²) in [6, 6.07) is 0. The van der Waals surface area contributed by atoms with Gasteiger partial charge in [0.1, 0.15) is 0 Å². The Balaban J connectivity index is 0. The summed E-state index contributed by atoms with van der Waals surface area (Å²) in [6.07, 6.45) is 2.60. The fourth-order valence-corrected chi connectivity index (χ4v) is 0.565. The highest BCUT2D eigenvalue weighted by atomic mass is 16.4. The number of hydrogen-bond acceptors (Lipinski definition) is 3. The summed E-state index contributed by atoms with van der Waals surface area (Å²) in [4.78, 5) is 28.4. The van der Waals surface area contributed by atoms with E-state index in [-0.39, 0.29) is 5.91 Å². The predicted octanol–water partition coefficient (Wildman–Crippen LogP) is 0.244. The van der Waals surface area contributed by atoms with Crippen LogP contribution in [0.2, 0.25) is 0 Å². The molecule has 1 saturated heterocycles. The second-order valence-electron chi connectivity index (χ2n) is 2.51. The fraction of sp³-hybridized carbons (Fsp3) is 0.444. The van der Waals surface area contributed by atoms with Crippen LogP contribution in [0.15, 0.2) is 12.7 Å². The second kappa shape index (κ2) is 10.2. The van der Waals surface area contributed by atoms with E-state index in [0.29, 0.717) is 0 Å². The zero-order valence-corrected chi connectivity index (χ0v) is 8.52. The van der Waals surface area contributed by atoms with Gasteiger partial charge in [0, 0.05) is 26.0 Å². The van der Waals surface area contributed by atoms with E-state index in [1.54, 1.807) is 0 Å². The van der Waals surface area contributed by atoms with E-state index in [1.165, 1.54) is 0 Å². The molecule has 3 N–H and O–H groups in total. The smallest absolute Gasteiger partial charge is 0.327 e. The fourth-order valence-electron chi connectivity index (χ4n) is 0.565. The molecule has 0 saturated carbocycles. The second-order valence-corrected chi connectivity index (χ2v) is 2.51. The van der Waals surface area contributed by atoms with Gasteiger partial charge in [-0.3, -0.25) is 9.59 Å². The number of carboxylic acid groups (broad SMARTS) is 2. The average molecular weight is 217 g/mol. The normalized spacial score (nSPS) is 12.2. The van der Waals surface area contributed by atoms with Gasteiger partial charge in [-0.2, -0.15) is 0 Å². The molecule has 1 amide bonds. The Kier molecular flexibility index (Phi) is 10.7. The number of nitrogens with one attached hydrogen (secondary N) is 1. The van der Waals surface area contributed by atoms with E-state index in [9.17, 15) is 9.59 Å². The Labute approximate surface area is 87.6 Å². The highest BCUT2D eigenvalue weighted by Gasteiger charge is 2.05. The van der Waals surface area contributed by atoms with E-state index >= 15 is 0 Å². The van der Waals surface area contributed by atoms with Crippen LogP contribution in [0, 0.1) is 0 Å². The predicted molar refractivity (Wildman–Crippen MR) is 53.4 cm³/mol. The Morgan fingerprint density at radius 1 is 1.47 bits per heavy atom. The van der Waals surface area contributed by atoms with Crippen molar-refractivity contribution in [1.29, 1.82) is 0 Å². The standard InChI is InChI=1S/C4H7NO.C3H4O2.C2H4O2/c6-4-2-1-3-5-4;1-2-3(4)5;1-2(3)4/h1-3H2,(H,5,6);2H,1H2,(H,4,5);1H3,(H,3,4). The van der Waals surface area contributed by atoms with Crippen molar-refractivity contribution in [3.63, 3.8) is 0 Å². The monoisotopic (exact) mass is 217 g/mol. The molecule has 0 aliphatic carbocycles. The molecular formula is C9H15NO5. The van der Waals surface area contributed by atoms with Gasteiger partial charge in [-0.25, -0.2) is 4.79 Å². The highest BCUT2D eigenvalue weighted by molar-refractivity contribution is 5.78. The molecule has 0 radical (unpaired) electrons. The van der Waals surface area contributed by atoms with Gasteiger partial charge in [-0.15, -0.1) is 0 Å². The van der Waals surface area contributed by atoms with Crippen molar-refractivity contribution in [1.82, 2.24) is 5.32 Å². The van der Waals surface area contributed by atoms with Crippen LogP contribution in [0.3, 0.4) is 0 Å². The molecule has 0 unspecified atom stereocenters. The molecule has 6 heteroatoms. The first-order valence-electron chi connectivity index (χ1n) is 4.21. The molecule has 0 atom stereocenters. The molecule has 0 bridgehead atoms. The lowest BCUT2D eigenvalue weighted by molar-refractivity contribution is -0.134. The van der Waals surface area contributed by atoms with Crippen molar-refractivity contribution in [2.24, 2.45) is 0 Å². The molecule has 0 aromatic rings. The summed E-state index contributed by atoms with van der Waals surface area (Å²) in [5.74, 6) is -1.61. The van der Waals surface area contributed by atoms with Crippen molar-refractivity contribution in [2.45, 2.75) is 19.8 Å². The maximum absolute atomic E-state index is 10.1. The van der Waals surface area contributed by atoms with E-state index < -0.39 is 11.9 Å². The number of aliphatic carboxylic acids is 2. The van der Waals surface area contributed by atoms with Gasteiger partial charge in [0.25, 0.3) is 5.97 Å². The van der Waals surface area contributed by atoms with Crippen LogP contribution in [0.25, 0.3) is 0 Å². The topological polar surface area (TPSA) is 104 Å². The van der Waals surface area contributed by atoms with Gasteiger partial charge in [0.15, 0.2) is 0 Å². The third-order valence-electron chi connectivity index (χ3n) is 1.08. The zero-order valence-electron chi connectivity index (χ0n) is 8.52. The van der Waals surface area contributed by atoms with Gasteiger partial charge in [0.2, 0.25) is 5.91 Å². The van der Waals surface area contributed by atoms with Crippen LogP contribution in [-0.4, -0.2) is 34.6 Å². The first-order chi connectivity index (χ1) is 6.90. The number of carboxylic acids is 2. The van der Waals surface area contributed by atoms with E-state index in [2.05, 4.69) is 11.9 Å². The Bertz CT molecular complexity index is 225. The zero-order chi connectivity index (χ0) is 12.3. The number of rotatable bonds is 1. The molecule has 1 fully saturated rings. The first kappa shape index (κ1) is 15.6. The number of carbonyl (C=O) groups is 3. The molecule has 1 aliphatic heterocycles. The van der Waals surface area contributed by atoms with Crippen LogP contribution in [0.1, 0.15) is 19.8 Å². The quantitative estimate of drug-likeness (QED) is 0.546. The maximum Gasteiger partial charge on any atom is 0.327 e. The minimum atomic E-state index is -0.981. The van der Waals surface area contributed by atoms with Crippen LogP contribution in [0.4, 0.5) is 0 Å². The van der Waals surface area contributed by atoms with Crippen LogP contribution >= 0.6 is 0 Å². The summed E-state index contributed by atoms with van der Waals surface area (Å²) in [5.41, 5.74) is 0. The molecule has 1 rings (SSSR count). The lowest BCUT2D eigenvalue weighted by Crippen LogP contribution is -2.12. The van der Waals surface area contributed by atoms with Crippen LogP contribution in [-0.2, 0) is 14.4 Å². The van der Waals surface area contributed by atoms with Crippen LogP contribution in [0.5, 0.6) is 0 Å². The third kappa shape index (κ3) is 24.5. The van der Waals surface area contributed by atoms with Gasteiger partial charge in [0.05, 0.1) is 0 Å². The summed E-state index contributed by atoms with van der Waals surface area (Å²) < 4.78 is 0. The number of hydrogen-bond donors (Lipinski definition) is 3.